The Morgan fingerprint density at radius 2 is 2.00 bits per heavy atom. The molecule has 2 aromatic carbocycles. The number of aliphatic hydroxyl groups is 1. The zero-order valence-corrected chi connectivity index (χ0v) is 19.6. The summed E-state index contributed by atoms with van der Waals surface area (Å²) in [5.74, 6) is 1.77. The third-order valence-electron chi connectivity index (χ3n) is 5.90. The van der Waals surface area contributed by atoms with Gasteiger partial charge >= 0.3 is 0 Å². The van der Waals surface area contributed by atoms with E-state index in [2.05, 4.69) is 20.3 Å². The van der Waals surface area contributed by atoms with Crippen molar-refractivity contribution in [3.8, 4) is 11.5 Å². The molecule has 0 amide bonds. The first-order valence-electron chi connectivity index (χ1n) is 11.2. The molecule has 33 heavy (non-hydrogen) atoms. The average molecular weight is 471 g/mol. The molecule has 1 aliphatic heterocycles. The van der Waals surface area contributed by atoms with Gasteiger partial charge in [0, 0.05) is 29.5 Å². The monoisotopic (exact) mass is 470 g/mol. The van der Waals surface area contributed by atoms with Crippen molar-refractivity contribution < 1.29 is 19.8 Å². The molecule has 3 aromatic rings. The van der Waals surface area contributed by atoms with Crippen LogP contribution in [0.5, 0.6) is 11.5 Å². The van der Waals surface area contributed by atoms with Crippen molar-refractivity contribution in [1.82, 2.24) is 14.9 Å². The van der Waals surface area contributed by atoms with E-state index in [4.69, 9.17) is 9.47 Å². The number of hydrogen-bond donors (Lipinski definition) is 3. The fourth-order valence-electron chi connectivity index (χ4n) is 4.00. The number of ether oxygens (including phenoxy) is 2. The van der Waals surface area contributed by atoms with Crippen LogP contribution in [0.2, 0.25) is 0 Å². The van der Waals surface area contributed by atoms with E-state index in [1.807, 2.05) is 30.3 Å². The van der Waals surface area contributed by atoms with Gasteiger partial charge < -0.3 is 19.5 Å². The predicted molar refractivity (Wildman–Crippen MR) is 128 cm³/mol. The van der Waals surface area contributed by atoms with Crippen LogP contribution in [0.3, 0.4) is 0 Å². The topological polar surface area (TPSA) is 100.0 Å². The number of hydrogen-bond acceptors (Lipinski definition) is 9. The van der Waals surface area contributed by atoms with Crippen LogP contribution in [-0.2, 0) is 0 Å². The second-order valence-corrected chi connectivity index (χ2v) is 9.17. The van der Waals surface area contributed by atoms with Gasteiger partial charge in [0.15, 0.2) is 11.5 Å². The number of aliphatic hydroxyl groups excluding tert-OH is 1. The van der Waals surface area contributed by atoms with Crippen molar-refractivity contribution >= 4 is 28.4 Å². The lowest BCUT2D eigenvalue weighted by molar-refractivity contribution is 0.126. The molecule has 8 nitrogen and oxygen atoms in total. The molecule has 0 atom stereocenters. The molecule has 1 fully saturated rings. The van der Waals surface area contributed by atoms with Crippen LogP contribution in [0, 0.1) is 5.92 Å². The molecule has 1 aromatic heterocycles. The van der Waals surface area contributed by atoms with Crippen molar-refractivity contribution in [3.63, 3.8) is 0 Å². The SMILES string of the molecule is COc1cc2ncnc(Sc3cccc(NO)c3)c2cc1OCCCN1CCC(CO)CC1. The number of methoxy groups -OCH3 is 1. The van der Waals surface area contributed by atoms with Crippen molar-refractivity contribution in [2.45, 2.75) is 29.2 Å². The van der Waals surface area contributed by atoms with Crippen LogP contribution in [0.15, 0.2) is 52.6 Å². The maximum absolute atomic E-state index is 9.29. The Bertz CT molecular complexity index is 1060. The number of piperidine rings is 1. The Morgan fingerprint density at radius 3 is 2.76 bits per heavy atom. The maximum atomic E-state index is 9.29. The molecule has 1 saturated heterocycles. The number of anilines is 1. The minimum absolute atomic E-state index is 0.298. The largest absolute Gasteiger partial charge is 0.493 e. The summed E-state index contributed by atoms with van der Waals surface area (Å²) in [6.45, 7) is 3.94. The Morgan fingerprint density at radius 1 is 1.15 bits per heavy atom. The first kappa shape index (κ1) is 23.6. The number of aromatic nitrogens is 2. The number of benzene rings is 2. The molecular weight excluding hydrogens is 440 g/mol. The zero-order chi connectivity index (χ0) is 23.0. The number of likely N-dealkylation sites (tertiary alicyclic amines) is 1. The fraction of sp³-hybridized carbons (Fsp3) is 0.417. The Balaban J connectivity index is 1.44. The second-order valence-electron chi connectivity index (χ2n) is 8.11. The molecular formula is C24H30N4O4S. The summed E-state index contributed by atoms with van der Waals surface area (Å²) in [5.41, 5.74) is 3.57. The summed E-state index contributed by atoms with van der Waals surface area (Å²) in [5, 5.41) is 20.2. The van der Waals surface area contributed by atoms with Gasteiger partial charge in [0.1, 0.15) is 11.4 Å². The number of nitrogens with one attached hydrogen (secondary N) is 1. The van der Waals surface area contributed by atoms with Crippen LogP contribution in [0.4, 0.5) is 5.69 Å². The lowest BCUT2D eigenvalue weighted by atomic mass is 9.98. The van der Waals surface area contributed by atoms with E-state index in [0.717, 1.165) is 59.7 Å². The fourth-order valence-corrected chi connectivity index (χ4v) is 4.93. The summed E-state index contributed by atoms with van der Waals surface area (Å²) in [7, 11) is 1.63. The molecule has 2 heterocycles. The van der Waals surface area contributed by atoms with Gasteiger partial charge in [0.25, 0.3) is 0 Å². The summed E-state index contributed by atoms with van der Waals surface area (Å²) >= 11 is 1.49. The Kier molecular flexibility index (Phi) is 8.22. The van der Waals surface area contributed by atoms with Crippen molar-refractivity contribution in [2.75, 3.05) is 45.4 Å². The molecule has 0 spiro atoms. The first-order valence-corrected chi connectivity index (χ1v) is 12.0. The minimum atomic E-state index is 0.298. The van der Waals surface area contributed by atoms with Crippen LogP contribution >= 0.6 is 11.8 Å². The number of nitrogens with zero attached hydrogens (tertiary/aromatic N) is 3. The van der Waals surface area contributed by atoms with Gasteiger partial charge in [0.2, 0.25) is 0 Å². The molecule has 0 unspecified atom stereocenters. The van der Waals surface area contributed by atoms with E-state index in [1.54, 1.807) is 19.5 Å². The number of fused-ring (bicyclic) bond motifs is 1. The first-order chi connectivity index (χ1) is 16.2. The van der Waals surface area contributed by atoms with Gasteiger partial charge in [-0.25, -0.2) is 9.97 Å². The molecule has 1 aliphatic rings. The Hall–Kier alpha value is -2.59. The van der Waals surface area contributed by atoms with Crippen LogP contribution in [0.25, 0.3) is 10.9 Å². The summed E-state index contributed by atoms with van der Waals surface area (Å²) in [6, 6.07) is 11.3. The lowest BCUT2D eigenvalue weighted by Gasteiger charge is -2.30. The van der Waals surface area contributed by atoms with Gasteiger partial charge in [-0.15, -0.1) is 0 Å². The standard InChI is InChI=1S/C24H30N4O4S/c1-31-22-14-21-20(24(26-16-25-21)33-19-5-2-4-18(12-19)27-30)13-23(22)32-11-3-8-28-9-6-17(15-29)7-10-28/h2,4-5,12-14,16-17,27,29-30H,3,6-11,15H2,1H3. The third kappa shape index (κ3) is 6.05. The van der Waals surface area contributed by atoms with Gasteiger partial charge in [-0.1, -0.05) is 17.8 Å². The third-order valence-corrected chi connectivity index (χ3v) is 6.91. The van der Waals surface area contributed by atoms with Gasteiger partial charge in [-0.05, 0) is 62.5 Å². The van der Waals surface area contributed by atoms with Gasteiger partial charge in [-0.3, -0.25) is 10.7 Å². The molecule has 0 bridgehead atoms. The van der Waals surface area contributed by atoms with Crippen molar-refractivity contribution in [3.05, 3.63) is 42.7 Å². The van der Waals surface area contributed by atoms with E-state index in [0.29, 0.717) is 36.3 Å². The van der Waals surface area contributed by atoms with Crippen LogP contribution in [0.1, 0.15) is 19.3 Å². The lowest BCUT2D eigenvalue weighted by Crippen LogP contribution is -2.35. The second kappa shape index (κ2) is 11.5. The minimum Gasteiger partial charge on any atom is -0.493 e. The quantitative estimate of drug-likeness (QED) is 0.230. The summed E-state index contributed by atoms with van der Waals surface area (Å²) < 4.78 is 11.7. The summed E-state index contributed by atoms with van der Waals surface area (Å²) in [4.78, 5) is 12.3. The number of rotatable bonds is 10. The molecule has 0 aliphatic carbocycles. The highest BCUT2D eigenvalue weighted by Crippen LogP contribution is 2.37. The van der Waals surface area contributed by atoms with E-state index < -0.39 is 0 Å². The normalized spacial score (nSPS) is 15.0. The van der Waals surface area contributed by atoms with Gasteiger partial charge in [-0.2, -0.15) is 0 Å². The van der Waals surface area contributed by atoms with E-state index in [1.165, 1.54) is 11.8 Å². The highest BCUT2D eigenvalue weighted by molar-refractivity contribution is 7.99. The molecule has 176 valence electrons. The van der Waals surface area contributed by atoms with Crippen LogP contribution < -0.4 is 15.0 Å². The zero-order valence-electron chi connectivity index (χ0n) is 18.7. The smallest absolute Gasteiger partial charge is 0.162 e. The Labute approximate surface area is 197 Å². The van der Waals surface area contributed by atoms with E-state index in [9.17, 15) is 10.3 Å². The highest BCUT2D eigenvalue weighted by Gasteiger charge is 2.18. The molecule has 3 N–H and O–H groups in total. The molecule has 9 heteroatoms. The van der Waals surface area contributed by atoms with Crippen LogP contribution in [-0.4, -0.2) is 65.1 Å². The summed E-state index contributed by atoms with van der Waals surface area (Å²) in [6.07, 6.45) is 4.58. The van der Waals surface area contributed by atoms with E-state index in [-0.39, 0.29) is 0 Å². The van der Waals surface area contributed by atoms with E-state index >= 15 is 0 Å². The van der Waals surface area contributed by atoms with Crippen molar-refractivity contribution in [2.24, 2.45) is 5.92 Å². The average Bonchev–Trinajstić information content (AvgIpc) is 2.87. The predicted octanol–water partition coefficient (Wildman–Crippen LogP) is 4.06. The van der Waals surface area contributed by atoms with Gasteiger partial charge in [0.05, 0.1) is 24.9 Å². The molecule has 0 saturated carbocycles. The maximum Gasteiger partial charge on any atom is 0.162 e. The van der Waals surface area contributed by atoms with Crippen molar-refractivity contribution in [1.29, 1.82) is 0 Å². The molecule has 0 radical (unpaired) electrons. The molecule has 4 rings (SSSR count). The highest BCUT2D eigenvalue weighted by atomic mass is 32.2.